The largest absolute Gasteiger partial charge is 0.345 e. The standard InChI is InChI=1S/C18H35NO.C17H33NO.C16H31NO.C15H29NO.C14H27NO.C13H25NO.C12H23NO.C11H21NO/c1-4-5-6-7-8-9-10-11-12-13-14-15-16-17-18(20)19(2)3;1-4-5-6-7-8-9-10-11-12-13-14-15-16-17(19)18(2)3;1-4-5-6-7-8-9-10-11-12-13-14-15-16(18)17(2)3;1-4-5-6-7-8-9-10-11-12-13-14-15(17)16(2)3;1-4-5-6-7-8-9-10-11-12-13-14(16)15(2)3;1-4-5-6-7-8-9-10-11-12-13(15)14(2)3;1-4-5-6-7-8-9-10-11-12(14)13(2)3;1-4-5-6-7-8-9-10-11(13)12(2)3/h16-17H,4-15H2,1-3H3;15-16H,4-14H2,1-3H3;14-15H,4-13H2,1-3H3;13-14H,4-12H2,1-3H3;12-13H,4-11H2,1-3H3;11-12H,4-10H2,1-3H3;10-11H,4-9H2,1-3H3;9-10H,4-8H2,1-3H3/b17-16+;16-15+;15-14+;14-13+;13-12+;12-11+;11-10+;10-9+. The van der Waals surface area contributed by atoms with E-state index >= 15 is 0 Å². The first-order chi connectivity index (χ1) is 63.4. The summed E-state index contributed by atoms with van der Waals surface area (Å²) < 4.78 is 0. The summed E-state index contributed by atoms with van der Waals surface area (Å²) in [7, 11) is 28.5. The van der Waals surface area contributed by atoms with Crippen molar-refractivity contribution in [1.29, 1.82) is 0 Å². The van der Waals surface area contributed by atoms with Crippen LogP contribution >= 0.6 is 0 Å². The number of rotatable bonds is 76. The monoisotopic (exact) mass is 1860 g/mol. The molecule has 0 atom stereocenters. The zero-order valence-electron chi connectivity index (χ0n) is 92.2. The fourth-order valence-corrected chi connectivity index (χ4v) is 13.1. The van der Waals surface area contributed by atoms with E-state index in [1.54, 1.807) is 201 Å². The van der Waals surface area contributed by atoms with Crippen LogP contribution in [0.15, 0.2) is 97.2 Å². The minimum absolute atomic E-state index is 0.0792. The predicted molar refractivity (Wildman–Crippen MR) is 582 cm³/mol. The van der Waals surface area contributed by atoms with Gasteiger partial charge in [0.2, 0.25) is 47.3 Å². The molecule has 16 nitrogen and oxygen atoms in total. The highest BCUT2D eigenvalue weighted by Crippen LogP contribution is 2.17. The van der Waals surface area contributed by atoms with Gasteiger partial charge < -0.3 is 39.2 Å². The zero-order chi connectivity index (χ0) is 101. The highest BCUT2D eigenvalue weighted by Gasteiger charge is 2.05. The first-order valence-corrected chi connectivity index (χ1v) is 54.5. The lowest BCUT2D eigenvalue weighted by molar-refractivity contribution is -0.124. The molecule has 0 aromatic carbocycles. The second-order valence-corrected chi connectivity index (χ2v) is 37.8. The Hall–Kier alpha value is -6.32. The maximum absolute atomic E-state index is 11.3. The Morgan fingerprint density at radius 1 is 0.121 bits per heavy atom. The molecule has 8 amide bonds. The summed E-state index contributed by atoms with van der Waals surface area (Å²) in [5.41, 5.74) is 0. The van der Waals surface area contributed by atoms with E-state index in [4.69, 9.17) is 0 Å². The van der Waals surface area contributed by atoms with Crippen LogP contribution in [-0.4, -0.2) is 199 Å². The molecule has 0 aliphatic heterocycles. The molecule has 0 aromatic rings. The number of nitrogens with zero attached hydrogens (tertiary/aromatic N) is 8. The highest BCUT2D eigenvalue weighted by molar-refractivity contribution is 5.89. The van der Waals surface area contributed by atoms with Crippen LogP contribution < -0.4 is 0 Å². The Balaban J connectivity index is -0.000000223. The molecule has 0 unspecified atom stereocenters. The van der Waals surface area contributed by atoms with E-state index in [1.807, 2.05) is 48.6 Å². The van der Waals surface area contributed by atoms with E-state index in [1.165, 1.54) is 385 Å². The van der Waals surface area contributed by atoms with Crippen LogP contribution in [-0.2, 0) is 38.4 Å². The molecule has 0 radical (unpaired) electrons. The molecular weight excluding hydrogens is 1630 g/mol. The second kappa shape index (κ2) is 121. The van der Waals surface area contributed by atoms with Gasteiger partial charge in [0.05, 0.1) is 0 Å². The van der Waals surface area contributed by atoms with Gasteiger partial charge in [-0.05, 0) is 151 Å². The van der Waals surface area contributed by atoms with Gasteiger partial charge >= 0.3 is 0 Å². The summed E-state index contributed by atoms with van der Waals surface area (Å²) in [4.78, 5) is 102. The number of likely N-dealkylation sites (N-methyl/N-ethyl adjacent to an activating group) is 8. The van der Waals surface area contributed by atoms with Crippen molar-refractivity contribution in [2.24, 2.45) is 0 Å². The van der Waals surface area contributed by atoms with Gasteiger partial charge in [-0.15, -0.1) is 0 Å². The van der Waals surface area contributed by atoms with E-state index in [2.05, 4.69) is 55.4 Å². The van der Waals surface area contributed by atoms with Crippen molar-refractivity contribution in [2.75, 3.05) is 113 Å². The summed E-state index contributed by atoms with van der Waals surface area (Å²) >= 11 is 0. The van der Waals surface area contributed by atoms with Crippen LogP contribution in [0, 0.1) is 0 Å². The molecule has 132 heavy (non-hydrogen) atoms. The van der Waals surface area contributed by atoms with E-state index in [-0.39, 0.29) is 47.3 Å². The minimum Gasteiger partial charge on any atom is -0.345 e. The Morgan fingerprint density at radius 2 is 0.189 bits per heavy atom. The van der Waals surface area contributed by atoms with Gasteiger partial charge in [-0.25, -0.2) is 0 Å². The molecular formula is C116H224N8O8. The van der Waals surface area contributed by atoms with Crippen LogP contribution in [0.1, 0.15) is 492 Å². The van der Waals surface area contributed by atoms with Crippen molar-refractivity contribution in [3.63, 3.8) is 0 Å². The maximum atomic E-state index is 11.3. The van der Waals surface area contributed by atoms with E-state index in [9.17, 15) is 38.4 Å². The summed E-state index contributed by atoms with van der Waals surface area (Å²) in [6.45, 7) is 17.9. The van der Waals surface area contributed by atoms with Gasteiger partial charge in [-0.1, -0.05) is 438 Å². The highest BCUT2D eigenvalue weighted by atomic mass is 16.2. The first-order valence-electron chi connectivity index (χ1n) is 54.5. The SMILES string of the molecule is CCCCCC/C=C/C(=O)N(C)C.CCCCCCC/C=C/C(=O)N(C)C.CCCCCCCC/C=C/C(=O)N(C)C.CCCCCCCCC/C=C/C(=O)N(C)C.CCCCCCCCCC/C=C/C(=O)N(C)C.CCCCCCCCCCC/C=C/C(=O)N(C)C.CCCCCCCCCCCC/C=C/C(=O)N(C)C.CCCCCCCCCCCCC/C=C/C(=O)N(C)C. The maximum Gasteiger partial charge on any atom is 0.245 e. The molecule has 0 rings (SSSR count). The van der Waals surface area contributed by atoms with Gasteiger partial charge in [0, 0.05) is 113 Å². The molecule has 0 N–H and O–H groups in total. The van der Waals surface area contributed by atoms with Crippen molar-refractivity contribution in [3.8, 4) is 0 Å². The number of carbonyl (C=O) groups excluding carboxylic acids is 8. The lowest BCUT2D eigenvalue weighted by atomic mass is 10.1. The summed E-state index contributed by atoms with van der Waals surface area (Å²) in [6.07, 6.45) is 118. The smallest absolute Gasteiger partial charge is 0.245 e. The molecule has 0 saturated carbocycles. The summed E-state index contributed by atoms with van der Waals surface area (Å²) in [5.74, 6) is 0.689. The first kappa shape index (κ1) is 141. The van der Waals surface area contributed by atoms with Crippen molar-refractivity contribution in [3.05, 3.63) is 97.2 Å². The number of hydrogen-bond acceptors (Lipinski definition) is 8. The molecule has 0 spiro atoms. The molecule has 776 valence electrons. The van der Waals surface area contributed by atoms with Crippen LogP contribution in [0.5, 0.6) is 0 Å². The number of carbonyl (C=O) groups is 8. The van der Waals surface area contributed by atoms with Gasteiger partial charge in [-0.3, -0.25) is 38.4 Å². The fraction of sp³-hybridized carbons (Fsp3) is 0.793. The second-order valence-electron chi connectivity index (χ2n) is 37.8. The summed E-state index contributed by atoms with van der Waals surface area (Å²) in [6, 6.07) is 0. The molecule has 0 aliphatic rings. The fourth-order valence-electron chi connectivity index (χ4n) is 13.1. The zero-order valence-corrected chi connectivity index (χ0v) is 92.2. The van der Waals surface area contributed by atoms with Crippen molar-refractivity contribution >= 4 is 47.3 Å². The Bertz CT molecular complexity index is 2700. The van der Waals surface area contributed by atoms with Crippen LogP contribution in [0.25, 0.3) is 0 Å². The van der Waals surface area contributed by atoms with E-state index in [0.29, 0.717) is 0 Å². The molecule has 0 aromatic heterocycles. The van der Waals surface area contributed by atoms with Gasteiger partial charge in [0.15, 0.2) is 0 Å². The predicted octanol–water partition coefficient (Wildman–Crippen LogP) is 31.7. The lowest BCUT2D eigenvalue weighted by Gasteiger charge is -2.05. The average Bonchev–Trinajstić information content (AvgIpc) is 1.06. The van der Waals surface area contributed by atoms with Crippen LogP contribution in [0.3, 0.4) is 0 Å². The number of amides is 8. The molecule has 0 fully saturated rings. The van der Waals surface area contributed by atoms with Crippen molar-refractivity contribution < 1.29 is 38.4 Å². The molecule has 16 heteroatoms. The third-order valence-corrected chi connectivity index (χ3v) is 22.4. The van der Waals surface area contributed by atoms with Gasteiger partial charge in [0.25, 0.3) is 0 Å². The molecule has 0 heterocycles. The molecule has 0 bridgehead atoms. The Labute approximate surface area is 822 Å². The number of hydrogen-bond donors (Lipinski definition) is 0. The van der Waals surface area contributed by atoms with Crippen LogP contribution in [0.4, 0.5) is 0 Å². The lowest BCUT2D eigenvalue weighted by Crippen LogP contribution is -2.18. The average molecular weight is 1860 g/mol. The van der Waals surface area contributed by atoms with Crippen molar-refractivity contribution in [1.82, 2.24) is 39.2 Å². The molecule has 0 saturated heterocycles. The van der Waals surface area contributed by atoms with Gasteiger partial charge in [0.1, 0.15) is 0 Å². The van der Waals surface area contributed by atoms with E-state index in [0.717, 1.165) is 51.4 Å². The topological polar surface area (TPSA) is 162 Å². The minimum atomic E-state index is 0.0792. The quantitative estimate of drug-likeness (QED) is 0.0429. The third kappa shape index (κ3) is 134. The Morgan fingerprint density at radius 3 is 0.265 bits per heavy atom. The molecule has 0 aliphatic carbocycles. The normalized spacial score (nSPS) is 11.0. The van der Waals surface area contributed by atoms with E-state index < -0.39 is 0 Å². The van der Waals surface area contributed by atoms with Crippen LogP contribution in [0.2, 0.25) is 0 Å². The van der Waals surface area contributed by atoms with Crippen molar-refractivity contribution in [2.45, 2.75) is 492 Å². The number of unbranched alkanes of at least 4 members (excludes halogenated alkanes) is 60. The van der Waals surface area contributed by atoms with Gasteiger partial charge in [-0.2, -0.15) is 0 Å². The number of allylic oxidation sites excluding steroid dienone is 8. The summed E-state index contributed by atoms with van der Waals surface area (Å²) in [5, 5.41) is 0. The Kier molecular flexibility index (Phi) is 129. The third-order valence-electron chi connectivity index (χ3n) is 22.4.